The largest absolute Gasteiger partial charge is 0.0985 e. The van der Waals surface area contributed by atoms with Crippen molar-refractivity contribution < 1.29 is 0 Å². The fraction of sp³-hybridized carbons (Fsp3) is 0.450. The van der Waals surface area contributed by atoms with Crippen LogP contribution in [0.2, 0.25) is 0 Å². The molecule has 0 nitrogen and oxygen atoms in total. The minimum Gasteiger partial charge on any atom is -0.0985 e. The summed E-state index contributed by atoms with van der Waals surface area (Å²) in [7, 11) is 0. The zero-order valence-corrected chi connectivity index (χ0v) is 28.5. The second kappa shape index (κ2) is 24.0. The predicted molar refractivity (Wildman–Crippen MR) is 187 cm³/mol. The SMILES string of the molecule is C=CC(=C/C(C)C)/C=C(C)/C(C)=C(\C)CCC.CC.CCC/C(C)=C(\C)c1ccccc1C.Cc1ccccc1. The van der Waals surface area contributed by atoms with Crippen LogP contribution in [0.25, 0.3) is 5.57 Å². The minimum atomic E-state index is 0.563. The van der Waals surface area contributed by atoms with Crippen LogP contribution < -0.4 is 0 Å². The molecule has 0 bridgehead atoms. The van der Waals surface area contributed by atoms with Gasteiger partial charge in [0.05, 0.1) is 0 Å². The molecule has 0 saturated carbocycles. The van der Waals surface area contributed by atoms with Crippen LogP contribution in [0.1, 0.15) is 119 Å². The second-order valence-corrected chi connectivity index (χ2v) is 10.7. The van der Waals surface area contributed by atoms with Gasteiger partial charge >= 0.3 is 0 Å². The van der Waals surface area contributed by atoms with E-state index in [9.17, 15) is 0 Å². The molecule has 0 aromatic heterocycles. The molecule has 222 valence electrons. The smallest absolute Gasteiger partial charge is 0.0199 e. The van der Waals surface area contributed by atoms with Crippen molar-refractivity contribution in [3.63, 3.8) is 0 Å². The highest BCUT2D eigenvalue weighted by Crippen LogP contribution is 2.23. The Morgan fingerprint density at radius 3 is 1.68 bits per heavy atom. The van der Waals surface area contributed by atoms with Gasteiger partial charge in [-0.1, -0.05) is 150 Å². The summed E-state index contributed by atoms with van der Waals surface area (Å²) in [5.41, 5.74) is 12.6. The Labute approximate surface area is 250 Å². The second-order valence-electron chi connectivity index (χ2n) is 10.7. The van der Waals surface area contributed by atoms with Crippen molar-refractivity contribution >= 4 is 5.57 Å². The Bertz CT molecular complexity index is 1070. The highest BCUT2D eigenvalue weighted by atomic mass is 14.1. The standard InChI is InChI=1S/C17H28.C14H20.C7H8.C2H6/c1-8-10-14(5)16(7)15(6)12-17(9-2)11-13(3)4;1-5-8-11(2)13(4)14-10-7-6-9-12(14)3;1-7-5-3-2-4-6-7;1-2/h9,11-13H,2,8,10H2,1,3-7H3;6-7,9-10H,5,8H2,1-4H3;2-6H,1H3;1-2H3/b15-12+,16-14+,17-11-;13-11+;;. The van der Waals surface area contributed by atoms with E-state index in [2.05, 4.69) is 131 Å². The summed E-state index contributed by atoms with van der Waals surface area (Å²) >= 11 is 0. The average molecular weight is 543 g/mol. The molecule has 0 aliphatic carbocycles. The maximum atomic E-state index is 3.88. The van der Waals surface area contributed by atoms with Gasteiger partial charge in [-0.25, -0.2) is 0 Å². The Balaban J connectivity index is 0. The van der Waals surface area contributed by atoms with Crippen LogP contribution in [0.15, 0.2) is 107 Å². The summed E-state index contributed by atoms with van der Waals surface area (Å²) in [6.07, 6.45) is 11.3. The van der Waals surface area contributed by atoms with Crippen molar-refractivity contribution in [2.75, 3.05) is 0 Å². The third kappa shape index (κ3) is 17.7. The molecule has 2 aromatic carbocycles. The van der Waals surface area contributed by atoms with Gasteiger partial charge in [-0.3, -0.25) is 0 Å². The molecule has 0 unspecified atom stereocenters. The van der Waals surface area contributed by atoms with E-state index in [0.717, 1.165) is 0 Å². The Kier molecular flexibility index (Phi) is 23.5. The van der Waals surface area contributed by atoms with Crippen LogP contribution in [0, 0.1) is 19.8 Å². The maximum absolute atomic E-state index is 3.88. The number of rotatable bonds is 9. The molecule has 2 aromatic rings. The molecular formula is C40H62. The quantitative estimate of drug-likeness (QED) is 0.276. The summed E-state index contributed by atoms with van der Waals surface area (Å²) in [4.78, 5) is 0. The molecule has 0 fully saturated rings. The maximum Gasteiger partial charge on any atom is -0.0199 e. The number of hydrogen-bond acceptors (Lipinski definition) is 0. The van der Waals surface area contributed by atoms with Gasteiger partial charge in [-0.2, -0.15) is 0 Å². The summed E-state index contributed by atoms with van der Waals surface area (Å²) in [6.45, 7) is 32.1. The highest BCUT2D eigenvalue weighted by molar-refractivity contribution is 5.68. The van der Waals surface area contributed by atoms with Crippen LogP contribution in [-0.2, 0) is 0 Å². The fourth-order valence-electron chi connectivity index (χ4n) is 4.14. The molecule has 40 heavy (non-hydrogen) atoms. The molecular weight excluding hydrogens is 480 g/mol. The Morgan fingerprint density at radius 1 is 0.750 bits per heavy atom. The fourth-order valence-corrected chi connectivity index (χ4v) is 4.14. The first-order valence-electron chi connectivity index (χ1n) is 15.4. The molecule has 0 heterocycles. The van der Waals surface area contributed by atoms with Crippen LogP contribution in [-0.4, -0.2) is 0 Å². The van der Waals surface area contributed by atoms with Crippen LogP contribution in [0.5, 0.6) is 0 Å². The molecule has 0 spiro atoms. The molecule has 0 atom stereocenters. The number of benzene rings is 2. The van der Waals surface area contributed by atoms with Gasteiger partial charge in [0, 0.05) is 0 Å². The monoisotopic (exact) mass is 542 g/mol. The minimum absolute atomic E-state index is 0.563. The lowest BCUT2D eigenvalue weighted by Crippen LogP contribution is -1.89. The van der Waals surface area contributed by atoms with Crippen molar-refractivity contribution in [3.05, 3.63) is 124 Å². The zero-order chi connectivity index (χ0) is 31.1. The van der Waals surface area contributed by atoms with E-state index in [1.54, 1.807) is 0 Å². The van der Waals surface area contributed by atoms with Gasteiger partial charge in [0.25, 0.3) is 0 Å². The van der Waals surface area contributed by atoms with Gasteiger partial charge in [0.1, 0.15) is 0 Å². The molecule has 2 rings (SSSR count). The number of hydrogen-bond donors (Lipinski definition) is 0. The van der Waals surface area contributed by atoms with Crippen molar-refractivity contribution in [1.82, 2.24) is 0 Å². The van der Waals surface area contributed by atoms with E-state index >= 15 is 0 Å². The third-order valence-electron chi connectivity index (χ3n) is 6.76. The molecule has 0 aliphatic rings. The topological polar surface area (TPSA) is 0 Å². The zero-order valence-electron chi connectivity index (χ0n) is 28.5. The van der Waals surface area contributed by atoms with E-state index in [1.807, 2.05) is 38.1 Å². The van der Waals surface area contributed by atoms with E-state index in [-0.39, 0.29) is 0 Å². The van der Waals surface area contributed by atoms with E-state index < -0.39 is 0 Å². The summed E-state index contributed by atoms with van der Waals surface area (Å²) in [6, 6.07) is 18.9. The average Bonchev–Trinajstić information content (AvgIpc) is 2.94. The molecule has 0 amide bonds. The number of aryl methyl sites for hydroxylation is 2. The lowest BCUT2D eigenvalue weighted by Gasteiger charge is -2.09. The van der Waals surface area contributed by atoms with Crippen molar-refractivity contribution in [1.29, 1.82) is 0 Å². The van der Waals surface area contributed by atoms with Gasteiger partial charge in [0.15, 0.2) is 0 Å². The summed E-state index contributed by atoms with van der Waals surface area (Å²) < 4.78 is 0. The first-order valence-corrected chi connectivity index (χ1v) is 15.4. The molecule has 0 radical (unpaired) electrons. The Hall–Kier alpha value is -2.86. The van der Waals surface area contributed by atoms with Gasteiger partial charge in [-0.15, -0.1) is 0 Å². The van der Waals surface area contributed by atoms with E-state index in [4.69, 9.17) is 0 Å². The lowest BCUT2D eigenvalue weighted by molar-refractivity contribution is 0.827. The third-order valence-corrected chi connectivity index (χ3v) is 6.76. The van der Waals surface area contributed by atoms with Crippen LogP contribution >= 0.6 is 0 Å². The molecule has 0 heteroatoms. The van der Waals surface area contributed by atoms with Gasteiger partial charge in [-0.05, 0) is 101 Å². The lowest BCUT2D eigenvalue weighted by atomic mass is 9.96. The van der Waals surface area contributed by atoms with Crippen molar-refractivity contribution in [2.24, 2.45) is 5.92 Å². The highest BCUT2D eigenvalue weighted by Gasteiger charge is 2.02. The van der Waals surface area contributed by atoms with Gasteiger partial charge in [0.2, 0.25) is 0 Å². The Morgan fingerprint density at radius 2 is 1.25 bits per heavy atom. The molecule has 0 aliphatic heterocycles. The van der Waals surface area contributed by atoms with Crippen LogP contribution in [0.3, 0.4) is 0 Å². The van der Waals surface area contributed by atoms with E-state index in [1.165, 1.54) is 75.8 Å². The molecule has 0 N–H and O–H groups in total. The molecule has 0 saturated heterocycles. The van der Waals surface area contributed by atoms with Crippen molar-refractivity contribution in [3.8, 4) is 0 Å². The van der Waals surface area contributed by atoms with E-state index in [0.29, 0.717) is 5.92 Å². The first kappa shape index (κ1) is 39.3. The normalized spacial score (nSPS) is 12.4. The summed E-state index contributed by atoms with van der Waals surface area (Å²) in [5.74, 6) is 0.563. The van der Waals surface area contributed by atoms with Gasteiger partial charge < -0.3 is 0 Å². The number of allylic oxidation sites excluding steroid dienone is 9. The predicted octanol–water partition coefficient (Wildman–Crippen LogP) is 13.4. The first-order chi connectivity index (χ1) is 19.0. The summed E-state index contributed by atoms with van der Waals surface area (Å²) in [5, 5.41) is 0. The van der Waals surface area contributed by atoms with Crippen LogP contribution in [0.4, 0.5) is 0 Å². The van der Waals surface area contributed by atoms with Crippen molar-refractivity contribution in [2.45, 2.75) is 116 Å².